The fourth-order valence-corrected chi connectivity index (χ4v) is 3.97. The topological polar surface area (TPSA) is 64.0 Å². The van der Waals surface area contributed by atoms with Gasteiger partial charge in [-0.15, -0.1) is 0 Å². The van der Waals surface area contributed by atoms with Crippen LogP contribution in [0.25, 0.3) is 0 Å². The summed E-state index contributed by atoms with van der Waals surface area (Å²) in [7, 11) is 1.96. The summed E-state index contributed by atoms with van der Waals surface area (Å²) < 4.78 is 0. The highest BCUT2D eigenvalue weighted by Crippen LogP contribution is 2.49. The summed E-state index contributed by atoms with van der Waals surface area (Å²) in [5.41, 5.74) is 2.08. The Labute approximate surface area is 143 Å². The third kappa shape index (κ3) is 3.34. The second-order valence-corrected chi connectivity index (χ2v) is 7.54. The lowest BCUT2D eigenvalue weighted by molar-refractivity contribution is -0.191. The lowest BCUT2D eigenvalue weighted by Crippen LogP contribution is -2.62. The van der Waals surface area contributed by atoms with Crippen LogP contribution in [-0.4, -0.2) is 64.8 Å². The lowest BCUT2D eigenvalue weighted by Gasteiger charge is -2.55. The van der Waals surface area contributed by atoms with E-state index in [-0.39, 0.29) is 11.3 Å². The van der Waals surface area contributed by atoms with E-state index in [2.05, 4.69) is 31.2 Å². The fourth-order valence-electron chi connectivity index (χ4n) is 3.97. The van der Waals surface area contributed by atoms with Gasteiger partial charge in [-0.05, 0) is 32.4 Å². The minimum atomic E-state index is -0.408. The number of benzene rings is 1. The van der Waals surface area contributed by atoms with Crippen molar-refractivity contribution in [3.05, 3.63) is 35.4 Å². The van der Waals surface area contributed by atoms with Gasteiger partial charge in [0, 0.05) is 31.5 Å². The van der Waals surface area contributed by atoms with Crippen molar-refractivity contribution in [2.75, 3.05) is 26.7 Å². The molecule has 2 fully saturated rings. The number of piperidine rings is 1. The molecule has 0 radical (unpaired) electrons. The molecule has 1 heterocycles. The molecule has 1 spiro atoms. The van der Waals surface area contributed by atoms with Crippen LogP contribution < -0.4 is 0 Å². The van der Waals surface area contributed by atoms with Crippen LogP contribution in [0.5, 0.6) is 0 Å². The first-order valence-electron chi connectivity index (χ1n) is 8.79. The number of aryl methyl sites for hydroxylation is 1. The van der Waals surface area contributed by atoms with Gasteiger partial charge in [0.25, 0.3) is 0 Å². The predicted octanol–water partition coefficient (Wildman–Crippen LogP) is 1.16. The molecular weight excluding hydrogens is 304 g/mol. The maximum absolute atomic E-state index is 12.5. The van der Waals surface area contributed by atoms with E-state index >= 15 is 0 Å². The van der Waals surface area contributed by atoms with Crippen molar-refractivity contribution in [1.29, 1.82) is 0 Å². The Hall–Kier alpha value is -1.43. The first kappa shape index (κ1) is 17.4. The van der Waals surface area contributed by atoms with Gasteiger partial charge in [-0.3, -0.25) is 9.69 Å². The van der Waals surface area contributed by atoms with Crippen LogP contribution in [0.2, 0.25) is 0 Å². The number of carbonyl (C=O) groups is 1. The summed E-state index contributed by atoms with van der Waals surface area (Å²) >= 11 is 0. The molecule has 1 saturated heterocycles. The Bertz CT molecular complexity index is 569. The highest BCUT2D eigenvalue weighted by Gasteiger charge is 2.55. The summed E-state index contributed by atoms with van der Waals surface area (Å²) in [5, 5.41) is 20.0. The number of likely N-dealkylation sites (tertiary alicyclic amines) is 1. The second-order valence-electron chi connectivity index (χ2n) is 7.54. The Balaban J connectivity index is 1.48. The molecular formula is C19H28N2O3. The smallest absolute Gasteiger partial charge is 0.236 e. The molecule has 2 unspecified atom stereocenters. The van der Waals surface area contributed by atoms with Crippen molar-refractivity contribution in [1.82, 2.24) is 9.80 Å². The molecule has 1 aliphatic heterocycles. The molecule has 24 heavy (non-hydrogen) atoms. The van der Waals surface area contributed by atoms with E-state index in [1.54, 1.807) is 0 Å². The number of amides is 1. The van der Waals surface area contributed by atoms with E-state index in [9.17, 15) is 15.0 Å². The third-order valence-corrected chi connectivity index (χ3v) is 5.80. The molecule has 2 N–H and O–H groups in total. The summed E-state index contributed by atoms with van der Waals surface area (Å²) in [4.78, 5) is 16.4. The molecule has 3 rings (SSSR count). The zero-order valence-corrected chi connectivity index (χ0v) is 14.6. The molecule has 1 amide bonds. The Morgan fingerprint density at radius 3 is 2.33 bits per heavy atom. The van der Waals surface area contributed by atoms with Crippen molar-refractivity contribution < 1.29 is 15.0 Å². The minimum absolute atomic E-state index is 0.128. The minimum Gasteiger partial charge on any atom is -0.392 e. The van der Waals surface area contributed by atoms with Crippen LogP contribution in [0, 0.1) is 12.3 Å². The number of rotatable bonds is 4. The van der Waals surface area contributed by atoms with Crippen molar-refractivity contribution >= 4 is 5.91 Å². The third-order valence-electron chi connectivity index (χ3n) is 5.80. The maximum Gasteiger partial charge on any atom is 0.236 e. The van der Waals surface area contributed by atoms with Gasteiger partial charge in [-0.1, -0.05) is 29.8 Å². The summed E-state index contributed by atoms with van der Waals surface area (Å²) in [6, 6.07) is 8.37. The van der Waals surface area contributed by atoms with Gasteiger partial charge < -0.3 is 15.1 Å². The molecule has 0 bridgehead atoms. The Kier molecular flexibility index (Phi) is 4.95. The van der Waals surface area contributed by atoms with Gasteiger partial charge in [0.2, 0.25) is 5.91 Å². The number of hydrogen-bond donors (Lipinski definition) is 2. The van der Waals surface area contributed by atoms with E-state index in [0.717, 1.165) is 6.54 Å². The Morgan fingerprint density at radius 1 is 1.21 bits per heavy atom. The van der Waals surface area contributed by atoms with Crippen molar-refractivity contribution in [2.24, 2.45) is 5.41 Å². The molecule has 1 saturated carbocycles. The van der Waals surface area contributed by atoms with Gasteiger partial charge in [-0.25, -0.2) is 0 Å². The maximum atomic E-state index is 12.5. The average Bonchev–Trinajstić information content (AvgIpc) is 2.57. The number of hydrogen-bond acceptors (Lipinski definition) is 4. The molecule has 132 valence electrons. The van der Waals surface area contributed by atoms with Gasteiger partial charge in [0.1, 0.15) is 0 Å². The SMILES string of the molecule is Cc1ccc(CN(C)CC(=O)N2CCC3(CC2)C(O)CC3O)cc1. The van der Waals surface area contributed by atoms with E-state index < -0.39 is 12.2 Å². The van der Waals surface area contributed by atoms with Crippen molar-refractivity contribution in [3.63, 3.8) is 0 Å². The predicted molar refractivity (Wildman–Crippen MR) is 92.4 cm³/mol. The van der Waals surface area contributed by atoms with E-state index in [1.807, 2.05) is 16.8 Å². The number of likely N-dealkylation sites (N-methyl/N-ethyl adjacent to an activating group) is 1. The van der Waals surface area contributed by atoms with E-state index in [0.29, 0.717) is 38.9 Å². The van der Waals surface area contributed by atoms with Crippen LogP contribution in [0.15, 0.2) is 24.3 Å². The van der Waals surface area contributed by atoms with Crippen LogP contribution in [0.3, 0.4) is 0 Å². The largest absolute Gasteiger partial charge is 0.392 e. The molecule has 1 aromatic rings. The van der Waals surface area contributed by atoms with Gasteiger partial charge >= 0.3 is 0 Å². The molecule has 2 atom stereocenters. The first-order chi connectivity index (χ1) is 11.4. The second kappa shape index (κ2) is 6.82. The molecule has 2 aliphatic rings. The molecule has 1 aliphatic carbocycles. The first-order valence-corrected chi connectivity index (χ1v) is 8.79. The van der Waals surface area contributed by atoms with E-state index in [1.165, 1.54) is 11.1 Å². The average molecular weight is 332 g/mol. The summed E-state index contributed by atoms with van der Waals surface area (Å²) in [6.07, 6.45) is 1.06. The number of carbonyl (C=O) groups excluding carboxylic acids is 1. The van der Waals surface area contributed by atoms with Crippen molar-refractivity contribution in [2.45, 2.75) is 44.9 Å². The van der Waals surface area contributed by atoms with Crippen LogP contribution in [0.1, 0.15) is 30.4 Å². The Morgan fingerprint density at radius 2 is 1.79 bits per heavy atom. The fraction of sp³-hybridized carbons (Fsp3) is 0.632. The van der Waals surface area contributed by atoms with Gasteiger partial charge in [0.05, 0.1) is 18.8 Å². The van der Waals surface area contributed by atoms with Crippen LogP contribution >= 0.6 is 0 Å². The molecule has 1 aromatic carbocycles. The van der Waals surface area contributed by atoms with E-state index in [4.69, 9.17) is 0 Å². The number of aliphatic hydroxyl groups is 2. The van der Waals surface area contributed by atoms with Gasteiger partial charge in [-0.2, -0.15) is 0 Å². The highest BCUT2D eigenvalue weighted by molar-refractivity contribution is 5.78. The highest BCUT2D eigenvalue weighted by atomic mass is 16.3. The molecule has 5 heteroatoms. The lowest BCUT2D eigenvalue weighted by atomic mass is 9.58. The molecule has 0 aromatic heterocycles. The van der Waals surface area contributed by atoms with Crippen molar-refractivity contribution in [3.8, 4) is 0 Å². The summed E-state index contributed by atoms with van der Waals surface area (Å²) in [6.45, 7) is 4.47. The monoisotopic (exact) mass is 332 g/mol. The zero-order valence-electron chi connectivity index (χ0n) is 14.6. The quantitative estimate of drug-likeness (QED) is 0.868. The number of nitrogens with zero attached hydrogens (tertiary/aromatic N) is 2. The number of aliphatic hydroxyl groups excluding tert-OH is 2. The normalized spacial score (nSPS) is 25.8. The molecule has 5 nitrogen and oxygen atoms in total. The van der Waals surface area contributed by atoms with Gasteiger partial charge in [0.15, 0.2) is 0 Å². The summed E-state index contributed by atoms with van der Waals surface area (Å²) in [5.74, 6) is 0.128. The van der Waals surface area contributed by atoms with Crippen LogP contribution in [0.4, 0.5) is 0 Å². The van der Waals surface area contributed by atoms with Crippen LogP contribution in [-0.2, 0) is 11.3 Å². The zero-order chi connectivity index (χ0) is 17.3. The standard InChI is InChI=1S/C19H28N2O3/c1-14-3-5-15(6-4-14)12-20(2)13-18(24)21-9-7-19(8-10-21)16(22)11-17(19)23/h3-6,16-17,22-23H,7-13H2,1-2H3.